The van der Waals surface area contributed by atoms with Crippen LogP contribution >= 0.6 is 11.6 Å². The highest BCUT2D eigenvalue weighted by atomic mass is 35.5. The van der Waals surface area contributed by atoms with E-state index in [0.717, 1.165) is 116 Å². The zero-order valence-electron chi connectivity index (χ0n) is 70.8. The Kier molecular flexibility index (Phi) is 19.7. The fourth-order valence-corrected chi connectivity index (χ4v) is 18.4. The molecule has 3 aliphatic rings. The van der Waals surface area contributed by atoms with Crippen LogP contribution in [0.15, 0.2) is 385 Å². The van der Waals surface area contributed by atoms with Crippen LogP contribution in [0.2, 0.25) is 5.02 Å². The fraction of sp³-hybridized carbons (Fsp3) is 0.0965. The molecular formula is C114H85BClN6O4+. The van der Waals surface area contributed by atoms with Crippen molar-refractivity contribution in [2.45, 2.75) is 70.5 Å². The van der Waals surface area contributed by atoms with E-state index in [0.29, 0.717) is 40.0 Å². The summed E-state index contributed by atoms with van der Waals surface area (Å²) in [6.45, 7) is 19.4. The Hall–Kier alpha value is -14.7. The molecule has 0 N–H and O–H groups in total. The molecule has 0 saturated carbocycles. The normalized spacial score (nSPS) is 14.8. The number of hydrogen-bond acceptors (Lipinski definition) is 10. The first-order valence-electron chi connectivity index (χ1n) is 42.7. The molecule has 1 aliphatic heterocycles. The minimum absolute atomic E-state index is 0.0903. The lowest BCUT2D eigenvalue weighted by atomic mass is 9.78. The van der Waals surface area contributed by atoms with Gasteiger partial charge < -0.3 is 18.1 Å². The van der Waals surface area contributed by atoms with Crippen molar-refractivity contribution in [3.63, 3.8) is 0 Å². The Morgan fingerprint density at radius 2 is 0.532 bits per heavy atom. The van der Waals surface area contributed by atoms with Crippen molar-refractivity contribution in [2.75, 3.05) is 0 Å². The topological polar surface area (TPSA) is 122 Å². The first-order valence-corrected chi connectivity index (χ1v) is 43.1. The van der Waals surface area contributed by atoms with Gasteiger partial charge in [-0.15, -0.1) is 0 Å². The number of rotatable bonds is 12. The molecule has 23 rings (SSSR count). The molecule has 5 heterocycles. The van der Waals surface area contributed by atoms with Gasteiger partial charge >= 0.3 is 7.12 Å². The van der Waals surface area contributed by atoms with Gasteiger partial charge in [-0.3, -0.25) is 0 Å². The van der Waals surface area contributed by atoms with Crippen LogP contribution < -0.4 is 5.46 Å². The third kappa shape index (κ3) is 14.2. The van der Waals surface area contributed by atoms with Crippen molar-refractivity contribution in [3.05, 3.63) is 410 Å². The Balaban J connectivity index is 0.000000123. The van der Waals surface area contributed by atoms with E-state index in [1.165, 1.54) is 66.8 Å². The molecule has 16 aromatic carbocycles. The van der Waals surface area contributed by atoms with E-state index in [2.05, 4.69) is 314 Å². The molecule has 1 fully saturated rings. The van der Waals surface area contributed by atoms with Gasteiger partial charge in [0.1, 0.15) is 27.9 Å². The van der Waals surface area contributed by atoms with Gasteiger partial charge in [0.2, 0.25) is 5.60 Å². The van der Waals surface area contributed by atoms with E-state index in [1.807, 2.05) is 118 Å². The summed E-state index contributed by atoms with van der Waals surface area (Å²) < 4.78 is 25.9. The van der Waals surface area contributed by atoms with Crippen molar-refractivity contribution in [1.29, 1.82) is 0 Å². The van der Waals surface area contributed by atoms with Gasteiger partial charge in [-0.2, -0.15) is 0 Å². The lowest BCUT2D eigenvalue weighted by Gasteiger charge is -2.25. The molecule has 604 valence electrons. The fourth-order valence-electron chi connectivity index (χ4n) is 18.2. The van der Waals surface area contributed by atoms with E-state index < -0.39 is 18.3 Å². The summed E-state index contributed by atoms with van der Waals surface area (Å²) in [4.78, 5) is 29.9. The highest BCUT2D eigenvalue weighted by Gasteiger charge is 2.58. The molecule has 0 spiro atoms. The van der Waals surface area contributed by atoms with Gasteiger partial charge in [0.15, 0.2) is 34.9 Å². The van der Waals surface area contributed by atoms with Crippen molar-refractivity contribution >= 4 is 68.1 Å². The first kappa shape index (κ1) is 78.5. The molecule has 4 aromatic heterocycles. The van der Waals surface area contributed by atoms with Crippen molar-refractivity contribution in [1.82, 2.24) is 29.9 Å². The zero-order chi connectivity index (χ0) is 85.6. The molecule has 20 aromatic rings. The predicted octanol–water partition coefficient (Wildman–Crippen LogP) is 28.9. The quantitative estimate of drug-likeness (QED) is 0.0863. The molecule has 0 radical (unpaired) electrons. The smallest absolute Gasteiger partial charge is 0.456 e. The SMILES string of the molecule is CC1(C)c2ccccc2-c2ccc(-c3nc(-c4ccccc4)nc(-c4cccc(-c5cccc6c5oc5c(-c7ccc(-c8ccccc8)cc7)cccc56)c4)n3)cc21.CC1(C)c2ccccc2-c2ccc(-c3nc(-c4ccccc4)nc(-c4cccc(Cl)c4)n3)cc21.[CH2+]C1(C)OB(c2cccc3c2oc2c(-c4ccc(-c5ccccc5)cc4)cccc23)OC1(C)C. The zero-order valence-corrected chi connectivity index (χ0v) is 71.5. The van der Waals surface area contributed by atoms with Gasteiger partial charge in [-0.1, -0.05) is 385 Å². The van der Waals surface area contributed by atoms with Crippen LogP contribution in [0.1, 0.15) is 70.7 Å². The third-order valence-corrected chi connectivity index (χ3v) is 25.7. The van der Waals surface area contributed by atoms with Crippen LogP contribution in [-0.2, 0) is 20.1 Å². The maximum Gasteiger partial charge on any atom is 0.501 e. The maximum absolute atomic E-state index is 6.87. The van der Waals surface area contributed by atoms with Gasteiger partial charge in [-0.05, 0) is 128 Å². The summed E-state index contributed by atoms with van der Waals surface area (Å²) in [7, 11) is -0.532. The second-order valence-corrected chi connectivity index (χ2v) is 34.9. The van der Waals surface area contributed by atoms with Crippen molar-refractivity contribution in [2.24, 2.45) is 0 Å². The van der Waals surface area contributed by atoms with E-state index in [-0.39, 0.29) is 10.8 Å². The molecule has 0 amide bonds. The van der Waals surface area contributed by atoms with Gasteiger partial charge in [-0.25, -0.2) is 29.9 Å². The number of benzene rings is 16. The predicted molar refractivity (Wildman–Crippen MR) is 516 cm³/mol. The Morgan fingerprint density at radius 1 is 0.238 bits per heavy atom. The monoisotopic (exact) mass is 1650 g/mol. The van der Waals surface area contributed by atoms with Crippen LogP contribution in [0.5, 0.6) is 0 Å². The molecule has 1 unspecified atom stereocenters. The van der Waals surface area contributed by atoms with Crippen LogP contribution in [0.3, 0.4) is 0 Å². The standard InChI is InChI=1S/C54H37N3O.C30H26BO3.C30H22ClN3/c1-54(2)47-25-10-9-20-43(47)44-31-30-40(33-48(44)54)53-56-51(37-16-7-4-8-17-37)55-52(57-53)39-19-11-18-38(32-39)42-22-13-24-46-45-23-12-21-41(49(45)58-50(42)46)36-28-26-35(27-29-36)34-14-5-3-6-15-34;1-29(2)30(3,4)34-31(33-29)26-15-9-14-25-24-13-8-12-23(27(24)32-28(25)26)22-18-16-21(17-19-22)20-10-6-5-7-11-20;1-30(2)25-14-7-6-13-23(25)24-16-15-21(18-26(24)30)29-33-27(19-9-4-3-5-10-19)32-28(34-29)20-11-8-12-22(31)17-20/h3-33H,1-2H3;5-19H,1H2,2-4H3;3-18H,1-2H3/q;+1;. The summed E-state index contributed by atoms with van der Waals surface area (Å²) in [6, 6.07) is 130. The van der Waals surface area contributed by atoms with Gasteiger partial charge in [0, 0.05) is 99.9 Å². The van der Waals surface area contributed by atoms with E-state index >= 15 is 0 Å². The van der Waals surface area contributed by atoms with E-state index in [9.17, 15) is 0 Å². The minimum atomic E-state index is -0.655. The minimum Gasteiger partial charge on any atom is -0.456 e. The summed E-state index contributed by atoms with van der Waals surface area (Å²) >= 11 is 6.28. The maximum atomic E-state index is 6.87. The number of furan rings is 2. The molecule has 1 saturated heterocycles. The lowest BCUT2D eigenvalue weighted by Crippen LogP contribution is -2.42. The second kappa shape index (κ2) is 31.6. The highest BCUT2D eigenvalue weighted by Crippen LogP contribution is 2.52. The highest BCUT2D eigenvalue weighted by molar-refractivity contribution is 6.65. The lowest BCUT2D eigenvalue weighted by molar-refractivity contribution is 0.0262. The number of aromatic nitrogens is 6. The second-order valence-electron chi connectivity index (χ2n) is 34.5. The summed E-state index contributed by atoms with van der Waals surface area (Å²) in [5.41, 5.74) is 30.1. The molecule has 12 heteroatoms. The number of nitrogens with zero attached hydrogens (tertiary/aromatic N) is 6. The Labute approximate surface area is 738 Å². The number of halogens is 1. The Bertz CT molecular complexity index is 7580. The molecule has 2 aliphatic carbocycles. The van der Waals surface area contributed by atoms with Gasteiger partial charge in [0.25, 0.3) is 0 Å². The van der Waals surface area contributed by atoms with Crippen LogP contribution in [0.25, 0.3) is 190 Å². The molecule has 0 bridgehead atoms. The van der Waals surface area contributed by atoms with Crippen molar-refractivity contribution < 1.29 is 18.1 Å². The number of hydrogen-bond donors (Lipinski definition) is 0. The summed E-state index contributed by atoms with van der Waals surface area (Å²) in [5, 5.41) is 4.95. The third-order valence-electron chi connectivity index (χ3n) is 25.5. The van der Waals surface area contributed by atoms with Gasteiger partial charge in [0.05, 0.1) is 6.92 Å². The van der Waals surface area contributed by atoms with E-state index in [4.69, 9.17) is 59.6 Å². The Morgan fingerprint density at radius 3 is 0.952 bits per heavy atom. The van der Waals surface area contributed by atoms with Crippen LogP contribution in [-0.4, -0.2) is 48.2 Å². The average molecular weight is 1650 g/mol. The molecule has 10 nitrogen and oxygen atoms in total. The first-order chi connectivity index (χ1) is 61.3. The van der Waals surface area contributed by atoms with E-state index in [1.54, 1.807) is 0 Å². The number of para-hydroxylation sites is 4. The molecule has 1 atom stereocenters. The molecular weight excluding hydrogens is 1560 g/mol. The summed E-state index contributed by atoms with van der Waals surface area (Å²) in [5.74, 6) is 3.80. The summed E-state index contributed by atoms with van der Waals surface area (Å²) in [6.07, 6.45) is 0. The largest absolute Gasteiger partial charge is 0.501 e. The van der Waals surface area contributed by atoms with Crippen LogP contribution in [0.4, 0.5) is 0 Å². The van der Waals surface area contributed by atoms with Crippen molar-refractivity contribution in [3.8, 4) is 146 Å². The molecule has 126 heavy (non-hydrogen) atoms. The average Bonchev–Trinajstić information content (AvgIpc) is 1.59. The number of fused-ring (bicyclic) bond motifs is 12. The van der Waals surface area contributed by atoms with Crippen LogP contribution in [0, 0.1) is 6.92 Å².